The fraction of sp³-hybridized carbons (Fsp3) is 0.308. The van der Waals surface area contributed by atoms with E-state index in [0.717, 1.165) is 17.5 Å². The zero-order valence-electron chi connectivity index (χ0n) is 10.9. The van der Waals surface area contributed by atoms with Gasteiger partial charge >= 0.3 is 6.36 Å². The van der Waals surface area contributed by atoms with E-state index in [4.69, 9.17) is 0 Å². The van der Waals surface area contributed by atoms with Crippen molar-refractivity contribution in [1.29, 1.82) is 0 Å². The quantitative estimate of drug-likeness (QED) is 0.835. The summed E-state index contributed by atoms with van der Waals surface area (Å²) in [5.41, 5.74) is 1.48. The summed E-state index contributed by atoms with van der Waals surface area (Å²) < 4.78 is 40.6. The number of carbonyl (C=O) groups is 1. The standard InChI is InChI=1S/C13H11F3N2O2S/c1-6-4-9-11(12(19)17-6)21-10-5-7(20-13(14,15)16)2-3-8(10)18-9/h2-3,5-6,18H,4H2,1H3,(H,17,19). The van der Waals surface area contributed by atoms with Crippen LogP contribution >= 0.6 is 11.8 Å². The molecule has 21 heavy (non-hydrogen) atoms. The third-order valence-corrected chi connectivity index (χ3v) is 4.25. The zero-order valence-corrected chi connectivity index (χ0v) is 11.7. The summed E-state index contributed by atoms with van der Waals surface area (Å²) >= 11 is 1.15. The lowest BCUT2D eigenvalue weighted by Crippen LogP contribution is -2.39. The first-order valence-electron chi connectivity index (χ1n) is 6.20. The van der Waals surface area contributed by atoms with Crippen LogP contribution in [-0.2, 0) is 4.79 Å². The first kappa shape index (κ1) is 14.1. The van der Waals surface area contributed by atoms with Crippen molar-refractivity contribution in [2.45, 2.75) is 30.6 Å². The van der Waals surface area contributed by atoms with Crippen molar-refractivity contribution in [1.82, 2.24) is 5.32 Å². The molecule has 1 aromatic rings. The van der Waals surface area contributed by atoms with Gasteiger partial charge in [-0.2, -0.15) is 0 Å². The SMILES string of the molecule is CC1CC2=C(Sc3cc(OC(F)(F)F)ccc3N2)C(=O)N1. The number of amides is 1. The molecule has 4 nitrogen and oxygen atoms in total. The van der Waals surface area contributed by atoms with Gasteiger partial charge in [-0.25, -0.2) is 0 Å². The molecular formula is C13H11F3N2O2S. The number of carbonyl (C=O) groups excluding carboxylic acids is 1. The van der Waals surface area contributed by atoms with Crippen LogP contribution in [0, 0.1) is 0 Å². The van der Waals surface area contributed by atoms with Gasteiger partial charge in [0.2, 0.25) is 0 Å². The third-order valence-electron chi connectivity index (χ3n) is 3.05. The molecule has 2 aliphatic rings. The summed E-state index contributed by atoms with van der Waals surface area (Å²) in [7, 11) is 0. The average Bonchev–Trinajstić information content (AvgIpc) is 2.35. The van der Waals surface area contributed by atoms with Crippen LogP contribution in [0.2, 0.25) is 0 Å². The fourth-order valence-electron chi connectivity index (χ4n) is 2.25. The molecule has 0 radical (unpaired) electrons. The number of thioether (sulfide) groups is 1. The zero-order chi connectivity index (χ0) is 15.2. The van der Waals surface area contributed by atoms with Gasteiger partial charge in [-0.1, -0.05) is 11.8 Å². The molecule has 1 aromatic carbocycles. The number of hydrogen-bond acceptors (Lipinski definition) is 4. The molecule has 2 heterocycles. The molecule has 2 aliphatic heterocycles. The number of hydrogen-bond donors (Lipinski definition) is 2. The van der Waals surface area contributed by atoms with Crippen molar-refractivity contribution in [2.75, 3.05) is 5.32 Å². The van der Waals surface area contributed by atoms with E-state index in [1.807, 2.05) is 6.92 Å². The van der Waals surface area contributed by atoms with E-state index in [1.54, 1.807) is 0 Å². The molecule has 0 saturated heterocycles. The molecule has 2 N–H and O–H groups in total. The van der Waals surface area contributed by atoms with E-state index < -0.39 is 6.36 Å². The summed E-state index contributed by atoms with van der Waals surface area (Å²) in [5, 5.41) is 5.90. The molecule has 1 amide bonds. The minimum atomic E-state index is -4.73. The highest BCUT2D eigenvalue weighted by Crippen LogP contribution is 2.44. The average molecular weight is 316 g/mol. The molecule has 0 aliphatic carbocycles. The predicted octanol–water partition coefficient (Wildman–Crippen LogP) is 3.22. The van der Waals surface area contributed by atoms with Crippen molar-refractivity contribution in [3.05, 3.63) is 28.8 Å². The number of rotatable bonds is 1. The largest absolute Gasteiger partial charge is 0.573 e. The van der Waals surface area contributed by atoms with Crippen LogP contribution in [0.5, 0.6) is 5.75 Å². The molecule has 0 fully saturated rings. The normalized spacial score (nSPS) is 21.1. The van der Waals surface area contributed by atoms with E-state index in [2.05, 4.69) is 15.4 Å². The van der Waals surface area contributed by atoms with Gasteiger partial charge in [0.25, 0.3) is 5.91 Å². The highest BCUT2D eigenvalue weighted by molar-refractivity contribution is 8.04. The second-order valence-corrected chi connectivity index (χ2v) is 5.87. The molecule has 0 bridgehead atoms. The lowest BCUT2D eigenvalue weighted by molar-refractivity contribution is -0.274. The van der Waals surface area contributed by atoms with E-state index in [1.165, 1.54) is 18.2 Å². The molecule has 1 unspecified atom stereocenters. The van der Waals surface area contributed by atoms with Crippen molar-refractivity contribution >= 4 is 23.4 Å². The van der Waals surface area contributed by atoms with E-state index in [-0.39, 0.29) is 17.7 Å². The van der Waals surface area contributed by atoms with Crippen LogP contribution in [0.3, 0.4) is 0 Å². The minimum Gasteiger partial charge on any atom is -0.406 e. The Balaban J connectivity index is 1.89. The van der Waals surface area contributed by atoms with Gasteiger partial charge < -0.3 is 15.4 Å². The van der Waals surface area contributed by atoms with Gasteiger partial charge in [0.1, 0.15) is 5.75 Å². The van der Waals surface area contributed by atoms with Crippen LogP contribution < -0.4 is 15.4 Å². The summed E-state index contributed by atoms with van der Waals surface area (Å²) in [6, 6.07) is 4.07. The smallest absolute Gasteiger partial charge is 0.406 e. The minimum absolute atomic E-state index is 0.0266. The molecule has 3 rings (SSSR count). The van der Waals surface area contributed by atoms with Gasteiger partial charge in [-0.3, -0.25) is 4.79 Å². The lowest BCUT2D eigenvalue weighted by atomic mass is 10.1. The van der Waals surface area contributed by atoms with Gasteiger partial charge in [-0.05, 0) is 25.1 Å². The Labute approximate surface area is 122 Å². The number of alkyl halides is 3. The second kappa shape index (κ2) is 4.87. The second-order valence-electron chi connectivity index (χ2n) is 4.82. The van der Waals surface area contributed by atoms with E-state index in [9.17, 15) is 18.0 Å². The van der Waals surface area contributed by atoms with Crippen molar-refractivity contribution in [3.8, 4) is 5.75 Å². The van der Waals surface area contributed by atoms with Crippen LogP contribution in [0.1, 0.15) is 13.3 Å². The maximum absolute atomic E-state index is 12.2. The molecule has 0 saturated carbocycles. The van der Waals surface area contributed by atoms with Gasteiger partial charge in [0, 0.05) is 23.1 Å². The van der Waals surface area contributed by atoms with E-state index in [0.29, 0.717) is 21.9 Å². The summed E-state index contributed by atoms with van der Waals surface area (Å²) in [6.07, 6.45) is -4.07. The lowest BCUT2D eigenvalue weighted by Gasteiger charge is -2.30. The first-order chi connectivity index (χ1) is 9.82. The number of anilines is 1. The fourth-order valence-corrected chi connectivity index (χ4v) is 3.29. The van der Waals surface area contributed by atoms with E-state index >= 15 is 0 Å². The third kappa shape index (κ3) is 2.94. The maximum atomic E-state index is 12.2. The number of fused-ring (bicyclic) bond motifs is 1. The van der Waals surface area contributed by atoms with Crippen LogP contribution in [-0.4, -0.2) is 18.3 Å². The van der Waals surface area contributed by atoms with Crippen molar-refractivity contribution in [2.24, 2.45) is 0 Å². The molecular weight excluding hydrogens is 305 g/mol. The van der Waals surface area contributed by atoms with Crippen LogP contribution in [0.25, 0.3) is 0 Å². The Kier molecular flexibility index (Phi) is 3.27. The van der Waals surface area contributed by atoms with Gasteiger partial charge in [0.15, 0.2) is 0 Å². The molecule has 8 heteroatoms. The Hall–Kier alpha value is -1.83. The van der Waals surface area contributed by atoms with Gasteiger partial charge in [0.05, 0.1) is 10.6 Å². The van der Waals surface area contributed by atoms with Crippen molar-refractivity contribution in [3.63, 3.8) is 0 Å². The Morgan fingerprint density at radius 2 is 2.14 bits per heavy atom. The highest BCUT2D eigenvalue weighted by Gasteiger charge is 2.33. The number of halogens is 3. The predicted molar refractivity (Wildman–Crippen MR) is 71.9 cm³/mol. The number of benzene rings is 1. The Morgan fingerprint density at radius 3 is 2.86 bits per heavy atom. The first-order valence-corrected chi connectivity index (χ1v) is 7.02. The highest BCUT2D eigenvalue weighted by atomic mass is 32.2. The Bertz CT molecular complexity index is 643. The maximum Gasteiger partial charge on any atom is 0.573 e. The van der Waals surface area contributed by atoms with Crippen LogP contribution in [0.15, 0.2) is 33.7 Å². The summed E-state index contributed by atoms with van der Waals surface area (Å²) in [4.78, 5) is 12.9. The Morgan fingerprint density at radius 1 is 1.38 bits per heavy atom. The topological polar surface area (TPSA) is 50.4 Å². The number of nitrogens with one attached hydrogen (secondary N) is 2. The molecule has 0 aromatic heterocycles. The summed E-state index contributed by atoms with van der Waals surface area (Å²) in [5.74, 6) is -0.516. The number of ether oxygens (including phenoxy) is 1. The molecule has 0 spiro atoms. The van der Waals surface area contributed by atoms with Gasteiger partial charge in [-0.15, -0.1) is 13.2 Å². The summed E-state index contributed by atoms with van der Waals surface area (Å²) in [6.45, 7) is 1.89. The van der Waals surface area contributed by atoms with Crippen molar-refractivity contribution < 1.29 is 22.7 Å². The van der Waals surface area contributed by atoms with Crippen LogP contribution in [0.4, 0.5) is 18.9 Å². The molecule has 112 valence electrons. The monoisotopic (exact) mass is 316 g/mol. The molecule has 1 atom stereocenters.